The van der Waals surface area contributed by atoms with Gasteiger partial charge >= 0.3 is 0 Å². The fourth-order valence-corrected chi connectivity index (χ4v) is 3.56. The second-order valence-corrected chi connectivity index (χ2v) is 6.61. The summed E-state index contributed by atoms with van der Waals surface area (Å²) in [6, 6.07) is 2.50. The molecule has 0 aromatic rings. The van der Waals surface area contributed by atoms with Crippen molar-refractivity contribution in [2.75, 3.05) is 13.6 Å². The number of hydrogen-bond donors (Lipinski definition) is 1. The normalized spacial score (nSPS) is 36.2. The lowest BCUT2D eigenvalue weighted by atomic mass is 9.80. The lowest BCUT2D eigenvalue weighted by molar-refractivity contribution is 0.0104. The first kappa shape index (κ1) is 13.4. The summed E-state index contributed by atoms with van der Waals surface area (Å²) < 4.78 is 0. The van der Waals surface area contributed by atoms with Crippen molar-refractivity contribution in [2.45, 2.75) is 71.0 Å². The van der Waals surface area contributed by atoms with Gasteiger partial charge in [-0.3, -0.25) is 4.90 Å². The molecule has 0 spiro atoms. The van der Waals surface area contributed by atoms with Crippen LogP contribution in [-0.4, -0.2) is 36.6 Å². The second kappa shape index (κ2) is 5.71. The van der Waals surface area contributed by atoms with Gasteiger partial charge in [0.15, 0.2) is 0 Å². The Balaban J connectivity index is 1.98. The fourth-order valence-electron chi connectivity index (χ4n) is 3.56. The molecule has 0 aromatic heterocycles. The molecule has 0 aromatic carbocycles. The van der Waals surface area contributed by atoms with Gasteiger partial charge in [-0.25, -0.2) is 0 Å². The summed E-state index contributed by atoms with van der Waals surface area (Å²) in [4.78, 5) is 2.85. The molecule has 2 bridgehead atoms. The quantitative estimate of drug-likeness (QED) is 0.810. The lowest BCUT2D eigenvalue weighted by Gasteiger charge is -2.50. The van der Waals surface area contributed by atoms with Crippen LogP contribution >= 0.6 is 0 Å². The van der Waals surface area contributed by atoms with Crippen molar-refractivity contribution < 1.29 is 0 Å². The summed E-state index contributed by atoms with van der Waals surface area (Å²) in [7, 11) is 2.13. The minimum atomic E-state index is 0.774. The van der Waals surface area contributed by atoms with E-state index >= 15 is 0 Å². The third kappa shape index (κ3) is 3.03. The van der Waals surface area contributed by atoms with E-state index in [1.807, 2.05) is 0 Å². The van der Waals surface area contributed by atoms with Crippen molar-refractivity contribution >= 4 is 0 Å². The summed E-state index contributed by atoms with van der Waals surface area (Å²) in [6.45, 7) is 8.47. The number of nitrogens with zero attached hydrogens (tertiary/aromatic N) is 1. The maximum Gasteiger partial charge on any atom is 0.0113 e. The first-order valence-corrected chi connectivity index (χ1v) is 7.54. The van der Waals surface area contributed by atoms with Gasteiger partial charge in [0.1, 0.15) is 0 Å². The van der Waals surface area contributed by atoms with E-state index in [-0.39, 0.29) is 0 Å². The monoisotopic (exact) mass is 238 g/mol. The molecule has 0 amide bonds. The summed E-state index contributed by atoms with van der Waals surface area (Å²) in [6.07, 6.45) is 7.06. The van der Waals surface area contributed by atoms with Gasteiger partial charge in [0.05, 0.1) is 0 Å². The molecule has 0 aliphatic carbocycles. The average Bonchev–Trinajstić information content (AvgIpc) is 2.28. The van der Waals surface area contributed by atoms with Crippen LogP contribution in [-0.2, 0) is 0 Å². The third-order valence-electron chi connectivity index (χ3n) is 5.17. The molecule has 0 radical (unpaired) electrons. The fraction of sp³-hybridized carbons (Fsp3) is 1.00. The van der Waals surface area contributed by atoms with E-state index in [4.69, 9.17) is 0 Å². The van der Waals surface area contributed by atoms with Gasteiger partial charge in [0.2, 0.25) is 0 Å². The van der Waals surface area contributed by atoms with E-state index in [1.54, 1.807) is 0 Å². The molecule has 3 unspecified atom stereocenters. The van der Waals surface area contributed by atoms with Gasteiger partial charge < -0.3 is 5.32 Å². The number of nitrogens with one attached hydrogen (secondary N) is 1. The zero-order chi connectivity index (χ0) is 12.4. The average molecular weight is 238 g/mol. The van der Waals surface area contributed by atoms with Crippen LogP contribution < -0.4 is 5.32 Å². The Morgan fingerprint density at radius 3 is 2.18 bits per heavy atom. The summed E-state index contributed by atoms with van der Waals surface area (Å²) >= 11 is 0. The molecule has 0 saturated carbocycles. The highest BCUT2D eigenvalue weighted by molar-refractivity contribution is 4.95. The van der Waals surface area contributed by atoms with E-state index in [0.717, 1.165) is 30.0 Å². The van der Waals surface area contributed by atoms with Crippen LogP contribution in [0.3, 0.4) is 0 Å². The second-order valence-electron chi connectivity index (χ2n) is 6.61. The molecule has 2 aliphatic heterocycles. The molecule has 2 fully saturated rings. The first-order chi connectivity index (χ1) is 8.11. The number of hydrogen-bond acceptors (Lipinski definition) is 2. The molecule has 2 heterocycles. The van der Waals surface area contributed by atoms with E-state index in [9.17, 15) is 0 Å². The zero-order valence-electron chi connectivity index (χ0n) is 12.1. The molecule has 2 saturated heterocycles. The van der Waals surface area contributed by atoms with Gasteiger partial charge in [-0.2, -0.15) is 0 Å². The van der Waals surface area contributed by atoms with E-state index < -0.39 is 0 Å². The third-order valence-corrected chi connectivity index (χ3v) is 5.17. The molecule has 1 N–H and O–H groups in total. The van der Waals surface area contributed by atoms with Crippen LogP contribution in [0.15, 0.2) is 0 Å². The largest absolute Gasteiger partial charge is 0.317 e. The molecule has 2 heteroatoms. The van der Waals surface area contributed by atoms with Gasteiger partial charge in [0.25, 0.3) is 0 Å². The van der Waals surface area contributed by atoms with Crippen LogP contribution in [0, 0.1) is 11.8 Å². The molecule has 2 rings (SSSR count). The first-order valence-electron chi connectivity index (χ1n) is 7.54. The minimum absolute atomic E-state index is 0.774. The van der Waals surface area contributed by atoms with Crippen molar-refractivity contribution in [2.24, 2.45) is 11.8 Å². The van der Waals surface area contributed by atoms with Gasteiger partial charge in [0, 0.05) is 24.7 Å². The molecule has 17 heavy (non-hydrogen) atoms. The van der Waals surface area contributed by atoms with E-state index in [0.29, 0.717) is 0 Å². The van der Waals surface area contributed by atoms with Crippen LogP contribution in [0.1, 0.15) is 52.9 Å². The van der Waals surface area contributed by atoms with Gasteiger partial charge in [-0.15, -0.1) is 0 Å². The number of piperidine rings is 2. The van der Waals surface area contributed by atoms with Gasteiger partial charge in [-0.1, -0.05) is 27.2 Å². The molecular weight excluding hydrogens is 208 g/mol. The minimum Gasteiger partial charge on any atom is -0.317 e. The maximum absolute atomic E-state index is 3.50. The van der Waals surface area contributed by atoms with Crippen molar-refractivity contribution in [1.82, 2.24) is 10.2 Å². The Labute approximate surface area is 107 Å². The standard InChI is InChI=1S/C15H30N2/c1-11(2)12(3)10-17-14-6-5-7-15(17)9-13(8-14)16-4/h11-16H,5-10H2,1-4H3. The SMILES string of the molecule is CNC1CC2CCCC(C1)N2CC(C)C(C)C. The molecule has 2 nitrogen and oxygen atoms in total. The summed E-state index contributed by atoms with van der Waals surface area (Å²) in [5.41, 5.74) is 0. The maximum atomic E-state index is 3.50. The molecular formula is C15H30N2. The number of rotatable bonds is 4. The van der Waals surface area contributed by atoms with E-state index in [1.165, 1.54) is 38.6 Å². The molecule has 100 valence electrons. The van der Waals surface area contributed by atoms with E-state index in [2.05, 4.69) is 38.0 Å². The predicted octanol–water partition coefficient (Wildman–Crippen LogP) is 2.88. The zero-order valence-corrected chi connectivity index (χ0v) is 12.1. The molecule has 2 aliphatic rings. The predicted molar refractivity (Wildman–Crippen MR) is 74.2 cm³/mol. The highest BCUT2D eigenvalue weighted by Gasteiger charge is 2.38. The highest BCUT2D eigenvalue weighted by atomic mass is 15.2. The van der Waals surface area contributed by atoms with Crippen molar-refractivity contribution in [3.8, 4) is 0 Å². The van der Waals surface area contributed by atoms with Crippen molar-refractivity contribution in [3.63, 3.8) is 0 Å². The Kier molecular flexibility index (Phi) is 4.48. The Bertz CT molecular complexity index is 225. The molecule has 3 atom stereocenters. The van der Waals surface area contributed by atoms with Crippen molar-refractivity contribution in [3.05, 3.63) is 0 Å². The van der Waals surface area contributed by atoms with Crippen LogP contribution in [0.25, 0.3) is 0 Å². The Hall–Kier alpha value is -0.0800. The van der Waals surface area contributed by atoms with Crippen LogP contribution in [0.5, 0.6) is 0 Å². The summed E-state index contributed by atoms with van der Waals surface area (Å²) in [5, 5.41) is 3.50. The lowest BCUT2D eigenvalue weighted by Crippen LogP contribution is -2.57. The smallest absolute Gasteiger partial charge is 0.0113 e. The number of fused-ring (bicyclic) bond motifs is 2. The summed E-state index contributed by atoms with van der Waals surface area (Å²) in [5.74, 6) is 1.65. The van der Waals surface area contributed by atoms with Crippen LogP contribution in [0.2, 0.25) is 0 Å². The van der Waals surface area contributed by atoms with Gasteiger partial charge in [-0.05, 0) is 44.6 Å². The Morgan fingerprint density at radius 1 is 1.12 bits per heavy atom. The Morgan fingerprint density at radius 2 is 1.71 bits per heavy atom. The van der Waals surface area contributed by atoms with Crippen LogP contribution in [0.4, 0.5) is 0 Å². The highest BCUT2D eigenvalue weighted by Crippen LogP contribution is 2.35. The van der Waals surface area contributed by atoms with Crippen molar-refractivity contribution in [1.29, 1.82) is 0 Å². The topological polar surface area (TPSA) is 15.3 Å².